The lowest BCUT2D eigenvalue weighted by Crippen LogP contribution is -2.53. The molecule has 1 fully saturated rings. The molecule has 2 N–H and O–H groups in total. The zero-order chi connectivity index (χ0) is 20.5. The first-order valence-electron chi connectivity index (χ1n) is 10.1. The maximum atomic E-state index is 11.9. The minimum atomic E-state index is -0.0576. The van der Waals surface area contributed by atoms with Crippen LogP contribution in [0, 0.1) is 0 Å². The summed E-state index contributed by atoms with van der Waals surface area (Å²) in [5.74, 6) is 0.717. The molecule has 0 saturated carbocycles. The van der Waals surface area contributed by atoms with E-state index in [-0.39, 0.29) is 36.4 Å². The van der Waals surface area contributed by atoms with Gasteiger partial charge >= 0.3 is 0 Å². The predicted molar refractivity (Wildman–Crippen MR) is 132 cm³/mol. The van der Waals surface area contributed by atoms with Crippen LogP contribution in [0.2, 0.25) is 0 Å². The summed E-state index contributed by atoms with van der Waals surface area (Å²) < 4.78 is 4.94. The molecule has 30 heavy (non-hydrogen) atoms. The Morgan fingerprint density at radius 2 is 1.80 bits per heavy atom. The number of nitrogens with one attached hydrogen (secondary N) is 2. The number of ether oxygens (including phenoxy) is 1. The summed E-state index contributed by atoms with van der Waals surface area (Å²) in [6.07, 6.45) is 0. The van der Waals surface area contributed by atoms with E-state index in [0.29, 0.717) is 13.2 Å². The molecule has 1 saturated heterocycles. The van der Waals surface area contributed by atoms with E-state index < -0.39 is 0 Å². The standard InChI is InChI=1S/C22H31N5O2.HI/c1-23-22(25-16-21(28)24-10-15-29-2)27-13-11-26(12-14-27)17-19-8-5-7-18-6-3-4-9-20(18)19;/h3-9H,10-17H2,1-2H3,(H,23,25)(H,24,28);1H. The van der Waals surface area contributed by atoms with E-state index in [1.165, 1.54) is 16.3 Å². The van der Waals surface area contributed by atoms with Crippen molar-refractivity contribution in [1.29, 1.82) is 0 Å². The number of fused-ring (bicyclic) bond motifs is 1. The topological polar surface area (TPSA) is 69.2 Å². The van der Waals surface area contributed by atoms with Gasteiger partial charge in [-0.3, -0.25) is 14.7 Å². The van der Waals surface area contributed by atoms with Crippen molar-refractivity contribution >= 4 is 46.6 Å². The number of carbonyl (C=O) groups is 1. The van der Waals surface area contributed by atoms with E-state index in [2.05, 4.69) is 67.9 Å². The summed E-state index contributed by atoms with van der Waals surface area (Å²) in [5, 5.41) is 8.58. The quantitative estimate of drug-likeness (QED) is 0.250. The molecule has 2 aromatic rings. The van der Waals surface area contributed by atoms with Gasteiger partial charge in [-0.25, -0.2) is 0 Å². The summed E-state index contributed by atoms with van der Waals surface area (Å²) in [6.45, 7) is 5.89. The lowest BCUT2D eigenvalue weighted by atomic mass is 10.0. The highest BCUT2D eigenvalue weighted by Gasteiger charge is 2.20. The van der Waals surface area contributed by atoms with Gasteiger partial charge < -0.3 is 20.3 Å². The third-order valence-electron chi connectivity index (χ3n) is 5.19. The molecular weight excluding hydrogens is 493 g/mol. The van der Waals surface area contributed by atoms with Crippen LogP contribution in [0.25, 0.3) is 10.8 Å². The van der Waals surface area contributed by atoms with Crippen molar-refractivity contribution in [2.24, 2.45) is 4.99 Å². The van der Waals surface area contributed by atoms with Gasteiger partial charge in [0, 0.05) is 53.4 Å². The van der Waals surface area contributed by atoms with Gasteiger partial charge in [-0.05, 0) is 16.3 Å². The summed E-state index contributed by atoms with van der Waals surface area (Å²) in [6, 6.07) is 15.1. The highest BCUT2D eigenvalue weighted by atomic mass is 127. The Balaban J connectivity index is 0.00000320. The summed E-state index contributed by atoms with van der Waals surface area (Å²) in [7, 11) is 3.37. The maximum absolute atomic E-state index is 11.9. The molecule has 0 spiro atoms. The molecule has 1 heterocycles. The number of methoxy groups -OCH3 is 1. The molecule has 1 aliphatic heterocycles. The first-order valence-corrected chi connectivity index (χ1v) is 10.1. The van der Waals surface area contributed by atoms with Crippen LogP contribution in [-0.4, -0.2) is 81.7 Å². The van der Waals surface area contributed by atoms with Crippen LogP contribution in [0.1, 0.15) is 5.56 Å². The lowest BCUT2D eigenvalue weighted by molar-refractivity contribution is -0.120. The van der Waals surface area contributed by atoms with Crippen molar-refractivity contribution < 1.29 is 9.53 Å². The predicted octanol–water partition coefficient (Wildman–Crippen LogP) is 1.91. The van der Waals surface area contributed by atoms with Crippen molar-refractivity contribution in [2.45, 2.75) is 6.54 Å². The maximum Gasteiger partial charge on any atom is 0.239 e. The second-order valence-electron chi connectivity index (χ2n) is 7.14. The van der Waals surface area contributed by atoms with Crippen molar-refractivity contribution in [3.05, 3.63) is 48.0 Å². The van der Waals surface area contributed by atoms with Gasteiger partial charge in [0.1, 0.15) is 0 Å². The van der Waals surface area contributed by atoms with E-state index in [0.717, 1.165) is 38.7 Å². The molecule has 7 nitrogen and oxygen atoms in total. The van der Waals surface area contributed by atoms with E-state index in [9.17, 15) is 4.79 Å². The Morgan fingerprint density at radius 3 is 2.53 bits per heavy atom. The molecule has 0 bridgehead atoms. The monoisotopic (exact) mass is 525 g/mol. The van der Waals surface area contributed by atoms with Gasteiger partial charge in [-0.15, -0.1) is 24.0 Å². The third kappa shape index (κ3) is 6.82. The van der Waals surface area contributed by atoms with E-state index in [1.807, 2.05) is 0 Å². The normalized spacial score (nSPS) is 15.0. The Hall–Kier alpha value is -1.91. The summed E-state index contributed by atoms with van der Waals surface area (Å²) in [5.41, 5.74) is 1.37. The fourth-order valence-corrected chi connectivity index (χ4v) is 3.64. The molecule has 2 aromatic carbocycles. The summed E-state index contributed by atoms with van der Waals surface area (Å²) >= 11 is 0. The number of aliphatic imine (C=N–C) groups is 1. The van der Waals surface area contributed by atoms with Crippen LogP contribution >= 0.6 is 24.0 Å². The van der Waals surface area contributed by atoms with Crippen LogP contribution in [0.15, 0.2) is 47.5 Å². The van der Waals surface area contributed by atoms with Crippen molar-refractivity contribution in [3.63, 3.8) is 0 Å². The molecule has 8 heteroatoms. The first-order chi connectivity index (χ1) is 14.2. The number of hydrogen-bond acceptors (Lipinski definition) is 4. The van der Waals surface area contributed by atoms with Gasteiger partial charge in [0.2, 0.25) is 5.91 Å². The highest BCUT2D eigenvalue weighted by Crippen LogP contribution is 2.20. The molecule has 0 aliphatic carbocycles. The van der Waals surface area contributed by atoms with Crippen molar-refractivity contribution in [2.75, 3.05) is 60.0 Å². The van der Waals surface area contributed by atoms with Gasteiger partial charge in [0.05, 0.1) is 13.2 Å². The molecule has 0 unspecified atom stereocenters. The Labute approximate surface area is 195 Å². The second-order valence-corrected chi connectivity index (χ2v) is 7.14. The fraction of sp³-hybridized carbons (Fsp3) is 0.455. The Kier molecular flexibility index (Phi) is 10.3. The molecule has 1 amide bonds. The molecule has 0 aromatic heterocycles. The average Bonchev–Trinajstić information content (AvgIpc) is 2.76. The minimum Gasteiger partial charge on any atom is -0.383 e. The van der Waals surface area contributed by atoms with Crippen molar-refractivity contribution in [1.82, 2.24) is 20.4 Å². The van der Waals surface area contributed by atoms with E-state index in [4.69, 9.17) is 4.74 Å². The summed E-state index contributed by atoms with van der Waals surface area (Å²) in [4.78, 5) is 20.9. The van der Waals surface area contributed by atoms with Gasteiger partial charge in [0.25, 0.3) is 0 Å². The number of benzene rings is 2. The second kappa shape index (κ2) is 12.7. The zero-order valence-electron chi connectivity index (χ0n) is 17.8. The lowest BCUT2D eigenvalue weighted by Gasteiger charge is -2.36. The largest absolute Gasteiger partial charge is 0.383 e. The van der Waals surface area contributed by atoms with Gasteiger partial charge in [-0.1, -0.05) is 42.5 Å². The molecule has 0 radical (unpaired) electrons. The SMILES string of the molecule is CN=C(NCC(=O)NCCOC)N1CCN(Cc2cccc3ccccc23)CC1.I. The number of halogens is 1. The average molecular weight is 525 g/mol. The third-order valence-corrected chi connectivity index (χ3v) is 5.19. The van der Waals surface area contributed by atoms with Crippen LogP contribution in [0.3, 0.4) is 0 Å². The van der Waals surface area contributed by atoms with Crippen LogP contribution in [0.4, 0.5) is 0 Å². The number of guanidine groups is 1. The van der Waals surface area contributed by atoms with E-state index >= 15 is 0 Å². The number of amides is 1. The number of piperazine rings is 1. The molecular formula is C22H32IN5O2. The Morgan fingerprint density at radius 1 is 1.07 bits per heavy atom. The van der Waals surface area contributed by atoms with Gasteiger partial charge in [0.15, 0.2) is 5.96 Å². The fourth-order valence-electron chi connectivity index (χ4n) is 3.64. The molecule has 1 aliphatic rings. The molecule has 164 valence electrons. The number of rotatable bonds is 7. The number of nitrogens with zero attached hydrogens (tertiary/aromatic N) is 3. The smallest absolute Gasteiger partial charge is 0.239 e. The van der Waals surface area contributed by atoms with Crippen LogP contribution in [-0.2, 0) is 16.1 Å². The van der Waals surface area contributed by atoms with Crippen LogP contribution < -0.4 is 10.6 Å². The zero-order valence-corrected chi connectivity index (χ0v) is 20.1. The van der Waals surface area contributed by atoms with Crippen molar-refractivity contribution in [3.8, 4) is 0 Å². The molecule has 0 atom stereocenters. The Bertz CT molecular complexity index is 832. The highest BCUT2D eigenvalue weighted by molar-refractivity contribution is 14.0. The first kappa shape index (κ1) is 24.4. The molecule has 3 rings (SSSR count). The number of hydrogen-bond donors (Lipinski definition) is 2. The minimum absolute atomic E-state index is 0. The van der Waals surface area contributed by atoms with Gasteiger partial charge in [-0.2, -0.15) is 0 Å². The number of carbonyl (C=O) groups excluding carboxylic acids is 1. The van der Waals surface area contributed by atoms with Crippen LogP contribution in [0.5, 0.6) is 0 Å². The van der Waals surface area contributed by atoms with E-state index in [1.54, 1.807) is 14.2 Å².